The molecule has 25 heavy (non-hydrogen) atoms. The van der Waals surface area contributed by atoms with Crippen molar-refractivity contribution in [2.45, 2.75) is 24.8 Å². The zero-order valence-electron chi connectivity index (χ0n) is 13.7. The number of halogens is 1. The Hall–Kier alpha value is -1.82. The van der Waals surface area contributed by atoms with Crippen LogP contribution >= 0.6 is 34.7 Å². The molecular weight excluding hydrogens is 372 g/mol. The molecule has 0 fully saturated rings. The molecule has 0 saturated carbocycles. The van der Waals surface area contributed by atoms with E-state index in [1.165, 1.54) is 16.7 Å². The lowest BCUT2D eigenvalue weighted by Crippen LogP contribution is -1.87. The third kappa shape index (κ3) is 3.32. The van der Waals surface area contributed by atoms with Crippen LogP contribution in [-0.2, 0) is 5.75 Å². The van der Waals surface area contributed by atoms with Gasteiger partial charge in [-0.1, -0.05) is 65.3 Å². The summed E-state index contributed by atoms with van der Waals surface area (Å²) in [7, 11) is 0. The highest BCUT2D eigenvalue weighted by Gasteiger charge is 2.17. The normalized spacial score (nSPS) is 11.3. The number of aromatic nitrogens is 2. The first kappa shape index (κ1) is 16.6. The van der Waals surface area contributed by atoms with Gasteiger partial charge in [-0.2, -0.15) is 0 Å². The first-order chi connectivity index (χ1) is 12.1. The molecule has 3 nitrogen and oxygen atoms in total. The van der Waals surface area contributed by atoms with Crippen molar-refractivity contribution >= 4 is 44.8 Å². The molecule has 2 aromatic heterocycles. The van der Waals surface area contributed by atoms with Crippen LogP contribution in [0.2, 0.25) is 5.02 Å². The summed E-state index contributed by atoms with van der Waals surface area (Å²) in [5.74, 6) is 1.28. The molecule has 0 spiro atoms. The number of thioether (sulfide) groups is 1. The molecule has 0 aliphatic carbocycles. The van der Waals surface area contributed by atoms with Crippen molar-refractivity contribution in [2.24, 2.45) is 0 Å². The predicted octanol–water partition coefficient (Wildman–Crippen LogP) is 6.51. The van der Waals surface area contributed by atoms with Crippen LogP contribution in [0.15, 0.2) is 52.1 Å². The monoisotopic (exact) mass is 386 g/mol. The molecule has 4 rings (SSSR count). The largest absolute Gasteiger partial charge is 0.410 e. The minimum absolute atomic E-state index is 0.481. The first-order valence-corrected chi connectivity index (χ1v) is 9.99. The van der Waals surface area contributed by atoms with Gasteiger partial charge in [-0.15, -0.1) is 21.5 Å². The van der Waals surface area contributed by atoms with Crippen LogP contribution in [0.4, 0.5) is 0 Å². The van der Waals surface area contributed by atoms with Crippen LogP contribution in [0.1, 0.15) is 16.7 Å². The molecule has 0 unspecified atom stereocenters. The van der Waals surface area contributed by atoms with E-state index in [9.17, 15) is 0 Å². The number of aryl methyl sites for hydroxylation is 2. The Morgan fingerprint density at radius 2 is 1.96 bits per heavy atom. The van der Waals surface area contributed by atoms with Gasteiger partial charge in [0, 0.05) is 15.8 Å². The Morgan fingerprint density at radius 3 is 2.80 bits per heavy atom. The van der Waals surface area contributed by atoms with Crippen molar-refractivity contribution in [3.05, 3.63) is 64.2 Å². The van der Waals surface area contributed by atoms with Gasteiger partial charge in [-0.25, -0.2) is 0 Å². The van der Waals surface area contributed by atoms with Gasteiger partial charge in [0.15, 0.2) is 0 Å². The number of thiophene rings is 1. The lowest BCUT2D eigenvalue weighted by Gasteiger charge is -2.04. The van der Waals surface area contributed by atoms with Crippen LogP contribution in [0, 0.1) is 13.8 Å². The molecule has 0 atom stereocenters. The lowest BCUT2D eigenvalue weighted by molar-refractivity contribution is 0.467. The Kier molecular flexibility index (Phi) is 4.54. The molecule has 0 N–H and O–H groups in total. The van der Waals surface area contributed by atoms with Crippen LogP contribution in [-0.4, -0.2) is 10.2 Å². The second kappa shape index (κ2) is 6.83. The average Bonchev–Trinajstić information content (AvgIpc) is 3.21. The second-order valence-corrected chi connectivity index (χ2v) is 8.19. The number of fused-ring (bicyclic) bond motifs is 1. The number of hydrogen-bond donors (Lipinski definition) is 0. The number of benzene rings is 2. The van der Waals surface area contributed by atoms with Crippen molar-refractivity contribution in [1.29, 1.82) is 0 Å². The topological polar surface area (TPSA) is 38.9 Å². The summed E-state index contributed by atoms with van der Waals surface area (Å²) in [4.78, 5) is 0.828. The molecule has 0 aliphatic rings. The van der Waals surface area contributed by atoms with Crippen molar-refractivity contribution in [1.82, 2.24) is 10.2 Å². The van der Waals surface area contributed by atoms with Crippen LogP contribution in [0.5, 0.6) is 0 Å². The fourth-order valence-corrected chi connectivity index (χ4v) is 4.87. The maximum absolute atomic E-state index is 6.49. The third-order valence-electron chi connectivity index (χ3n) is 3.99. The zero-order chi connectivity index (χ0) is 17.4. The minimum Gasteiger partial charge on any atom is -0.410 e. The van der Waals surface area contributed by atoms with Crippen LogP contribution < -0.4 is 0 Å². The molecule has 6 heteroatoms. The maximum atomic E-state index is 6.49. The number of nitrogens with zero attached hydrogens (tertiary/aromatic N) is 2. The van der Waals surface area contributed by atoms with Gasteiger partial charge in [-0.05, 0) is 31.0 Å². The molecule has 0 radical (unpaired) electrons. The van der Waals surface area contributed by atoms with E-state index in [4.69, 9.17) is 16.0 Å². The molecule has 4 aromatic rings. The first-order valence-electron chi connectivity index (χ1n) is 7.81. The molecule has 0 amide bonds. The summed E-state index contributed by atoms with van der Waals surface area (Å²) in [6.45, 7) is 4.22. The van der Waals surface area contributed by atoms with Crippen LogP contribution in [0.25, 0.3) is 20.9 Å². The van der Waals surface area contributed by atoms with Gasteiger partial charge in [0.2, 0.25) is 0 Å². The fourth-order valence-electron chi connectivity index (χ4n) is 2.61. The molecule has 0 saturated heterocycles. The average molecular weight is 387 g/mol. The van der Waals surface area contributed by atoms with E-state index in [2.05, 4.69) is 42.2 Å². The zero-order valence-corrected chi connectivity index (χ0v) is 16.1. The summed E-state index contributed by atoms with van der Waals surface area (Å²) < 4.78 is 6.95. The second-order valence-electron chi connectivity index (χ2n) is 5.83. The van der Waals surface area contributed by atoms with Crippen LogP contribution in [0.3, 0.4) is 0 Å². The molecular formula is C19H15ClN2OS2. The number of hydrogen-bond acceptors (Lipinski definition) is 5. The Labute approximate surface area is 159 Å². The van der Waals surface area contributed by atoms with Gasteiger partial charge in [0.1, 0.15) is 4.88 Å². The quantitative estimate of drug-likeness (QED) is 0.374. The van der Waals surface area contributed by atoms with Crippen molar-refractivity contribution in [3.63, 3.8) is 0 Å². The van der Waals surface area contributed by atoms with Gasteiger partial charge >= 0.3 is 0 Å². The van der Waals surface area contributed by atoms with E-state index in [1.54, 1.807) is 23.1 Å². The highest BCUT2D eigenvalue weighted by molar-refractivity contribution is 7.98. The molecule has 2 heterocycles. The Bertz CT molecular complexity index is 1050. The fraction of sp³-hybridized carbons (Fsp3) is 0.158. The van der Waals surface area contributed by atoms with Crippen molar-refractivity contribution in [2.75, 3.05) is 0 Å². The Morgan fingerprint density at radius 1 is 1.12 bits per heavy atom. The van der Waals surface area contributed by atoms with E-state index in [0.717, 1.165) is 20.7 Å². The lowest BCUT2D eigenvalue weighted by atomic mass is 10.1. The third-order valence-corrected chi connectivity index (χ3v) is 6.52. The summed E-state index contributed by atoms with van der Waals surface area (Å²) in [6.07, 6.45) is 0. The molecule has 0 aliphatic heterocycles. The smallest absolute Gasteiger partial charge is 0.277 e. The summed E-state index contributed by atoms with van der Waals surface area (Å²) >= 11 is 9.61. The van der Waals surface area contributed by atoms with E-state index in [-0.39, 0.29) is 0 Å². The molecule has 2 aromatic carbocycles. The van der Waals surface area contributed by atoms with E-state index in [0.29, 0.717) is 16.1 Å². The maximum Gasteiger partial charge on any atom is 0.277 e. The molecule has 0 bridgehead atoms. The van der Waals surface area contributed by atoms with Crippen molar-refractivity contribution in [3.8, 4) is 10.8 Å². The summed E-state index contributed by atoms with van der Waals surface area (Å²) in [5.41, 5.74) is 3.81. The van der Waals surface area contributed by atoms with Gasteiger partial charge < -0.3 is 4.42 Å². The van der Waals surface area contributed by atoms with E-state index < -0.39 is 0 Å². The highest BCUT2D eigenvalue weighted by atomic mass is 35.5. The van der Waals surface area contributed by atoms with E-state index >= 15 is 0 Å². The highest BCUT2D eigenvalue weighted by Crippen LogP contribution is 2.41. The van der Waals surface area contributed by atoms with E-state index in [1.807, 2.05) is 24.3 Å². The van der Waals surface area contributed by atoms with Gasteiger partial charge in [0.25, 0.3) is 11.1 Å². The Balaban J connectivity index is 1.57. The summed E-state index contributed by atoms with van der Waals surface area (Å²) in [5, 5.41) is 10.6. The van der Waals surface area contributed by atoms with Gasteiger partial charge in [-0.3, -0.25) is 0 Å². The van der Waals surface area contributed by atoms with Crippen molar-refractivity contribution < 1.29 is 4.42 Å². The standard InChI is InChI=1S/C19H15ClN2OS2/c1-11-7-8-12(2)13(9-11)10-24-19-22-21-18(23-19)17-16(20)14-5-3-4-6-15(14)25-17/h3-9H,10H2,1-2H3. The summed E-state index contributed by atoms with van der Waals surface area (Å²) in [6, 6.07) is 14.5. The molecule has 126 valence electrons. The predicted molar refractivity (Wildman–Crippen MR) is 106 cm³/mol. The SMILES string of the molecule is Cc1ccc(C)c(CSc2nnc(-c3sc4ccccc4c3Cl)o2)c1. The number of rotatable bonds is 4. The minimum atomic E-state index is 0.481. The van der Waals surface area contributed by atoms with Gasteiger partial charge in [0.05, 0.1) is 5.02 Å².